The fourth-order valence-corrected chi connectivity index (χ4v) is 3.69. The molecule has 2 aromatic carbocycles. The summed E-state index contributed by atoms with van der Waals surface area (Å²) in [6.45, 7) is 4.64. The van der Waals surface area contributed by atoms with Gasteiger partial charge in [0.15, 0.2) is 18.1 Å². The van der Waals surface area contributed by atoms with Crippen molar-refractivity contribution in [2.24, 2.45) is 0 Å². The number of hydrogen-bond acceptors (Lipinski definition) is 4. The molecule has 1 unspecified atom stereocenters. The summed E-state index contributed by atoms with van der Waals surface area (Å²) in [5.41, 5.74) is 2.26. The van der Waals surface area contributed by atoms with Crippen molar-refractivity contribution >= 4 is 12.0 Å². The lowest BCUT2D eigenvalue weighted by Gasteiger charge is -2.28. The van der Waals surface area contributed by atoms with Crippen molar-refractivity contribution in [3.8, 4) is 11.5 Å². The first-order valence-corrected chi connectivity index (χ1v) is 10.2. The zero-order chi connectivity index (χ0) is 20.5. The minimum absolute atomic E-state index is 0.0408. The summed E-state index contributed by atoms with van der Waals surface area (Å²) in [5.74, 6) is 1.05. The molecule has 0 aromatic heterocycles. The minimum atomic E-state index is -0.135. The molecule has 0 radical (unpaired) electrons. The van der Waals surface area contributed by atoms with E-state index >= 15 is 0 Å². The maximum absolute atomic E-state index is 12.4. The summed E-state index contributed by atoms with van der Waals surface area (Å²) in [7, 11) is 1.60. The molecule has 0 bridgehead atoms. The standard InChI is InChI=1S/C24H30N2O3/c1-3-9-19-12-13-22(23(16-19)28-2)29-18-24(27)25-17-21(26-14-7-8-15-26)20-10-5-4-6-11-20/h3-6,9-13,16,21H,7-8,14-15,17-18H2,1-2H3,(H,25,27)/b9-3+. The van der Waals surface area contributed by atoms with Gasteiger partial charge in [-0.15, -0.1) is 0 Å². The highest BCUT2D eigenvalue weighted by Gasteiger charge is 2.23. The summed E-state index contributed by atoms with van der Waals surface area (Å²) in [4.78, 5) is 14.9. The first-order chi connectivity index (χ1) is 14.2. The number of methoxy groups -OCH3 is 1. The minimum Gasteiger partial charge on any atom is -0.493 e. The first kappa shape index (κ1) is 20.9. The van der Waals surface area contributed by atoms with Crippen LogP contribution in [0.2, 0.25) is 0 Å². The van der Waals surface area contributed by atoms with Gasteiger partial charge in [0.1, 0.15) is 0 Å². The van der Waals surface area contributed by atoms with Gasteiger partial charge in [-0.3, -0.25) is 9.69 Å². The number of hydrogen-bond donors (Lipinski definition) is 1. The number of amides is 1. The number of carbonyl (C=O) groups excluding carboxylic acids is 1. The molecule has 1 heterocycles. The van der Waals surface area contributed by atoms with Crippen molar-refractivity contribution in [2.75, 3.05) is 33.4 Å². The quantitative estimate of drug-likeness (QED) is 0.697. The van der Waals surface area contributed by atoms with Gasteiger partial charge in [0, 0.05) is 6.54 Å². The number of rotatable bonds is 9. The molecule has 154 valence electrons. The number of ether oxygens (including phenoxy) is 2. The van der Waals surface area contributed by atoms with E-state index in [1.165, 1.54) is 18.4 Å². The lowest BCUT2D eigenvalue weighted by Crippen LogP contribution is -2.38. The number of allylic oxidation sites excluding steroid dienone is 1. The molecule has 1 aliphatic rings. The van der Waals surface area contributed by atoms with Gasteiger partial charge < -0.3 is 14.8 Å². The number of carbonyl (C=O) groups is 1. The number of nitrogens with zero attached hydrogens (tertiary/aromatic N) is 1. The zero-order valence-electron chi connectivity index (χ0n) is 17.3. The van der Waals surface area contributed by atoms with Crippen molar-refractivity contribution in [2.45, 2.75) is 25.8 Å². The van der Waals surface area contributed by atoms with Crippen molar-refractivity contribution < 1.29 is 14.3 Å². The van der Waals surface area contributed by atoms with E-state index < -0.39 is 0 Å². The molecule has 3 rings (SSSR count). The summed E-state index contributed by atoms with van der Waals surface area (Å²) in [5, 5.41) is 3.04. The normalized spacial score (nSPS) is 15.4. The smallest absolute Gasteiger partial charge is 0.258 e. The Morgan fingerprint density at radius 3 is 2.59 bits per heavy atom. The average Bonchev–Trinajstić information content (AvgIpc) is 3.28. The lowest BCUT2D eigenvalue weighted by atomic mass is 10.1. The van der Waals surface area contributed by atoms with E-state index in [0.717, 1.165) is 18.7 Å². The molecule has 5 nitrogen and oxygen atoms in total. The molecular weight excluding hydrogens is 364 g/mol. The molecule has 1 saturated heterocycles. The maximum atomic E-state index is 12.4. The molecule has 1 N–H and O–H groups in total. The third-order valence-electron chi connectivity index (χ3n) is 5.16. The Bertz CT molecular complexity index is 814. The van der Waals surface area contributed by atoms with Gasteiger partial charge in [-0.05, 0) is 56.1 Å². The van der Waals surface area contributed by atoms with E-state index in [-0.39, 0.29) is 18.6 Å². The third kappa shape index (κ3) is 5.84. The predicted octanol–water partition coefficient (Wildman–Crippen LogP) is 4.06. The summed E-state index contributed by atoms with van der Waals surface area (Å²) in [6, 6.07) is 16.2. The largest absolute Gasteiger partial charge is 0.493 e. The maximum Gasteiger partial charge on any atom is 0.258 e. The van der Waals surface area contributed by atoms with Crippen LogP contribution < -0.4 is 14.8 Å². The van der Waals surface area contributed by atoms with Gasteiger partial charge in [-0.2, -0.15) is 0 Å². The Kier molecular flexibility index (Phi) is 7.70. The van der Waals surface area contributed by atoms with Crippen LogP contribution in [0.15, 0.2) is 54.6 Å². The van der Waals surface area contributed by atoms with Gasteiger partial charge >= 0.3 is 0 Å². The second kappa shape index (κ2) is 10.7. The van der Waals surface area contributed by atoms with E-state index in [1.54, 1.807) is 7.11 Å². The molecule has 29 heavy (non-hydrogen) atoms. The average molecular weight is 395 g/mol. The van der Waals surface area contributed by atoms with Gasteiger partial charge in [0.2, 0.25) is 0 Å². The van der Waals surface area contributed by atoms with Crippen LogP contribution in [0.1, 0.15) is 36.9 Å². The fourth-order valence-electron chi connectivity index (χ4n) is 3.69. The van der Waals surface area contributed by atoms with E-state index in [1.807, 2.05) is 55.5 Å². The molecule has 1 fully saturated rings. The number of likely N-dealkylation sites (tertiary alicyclic amines) is 1. The van der Waals surface area contributed by atoms with E-state index in [2.05, 4.69) is 22.3 Å². The van der Waals surface area contributed by atoms with Crippen LogP contribution in [0, 0.1) is 0 Å². The van der Waals surface area contributed by atoms with Crippen LogP contribution in [0.4, 0.5) is 0 Å². The Morgan fingerprint density at radius 1 is 1.14 bits per heavy atom. The molecule has 5 heteroatoms. The van der Waals surface area contributed by atoms with Crippen molar-refractivity contribution in [3.63, 3.8) is 0 Å². The number of benzene rings is 2. The molecule has 1 aliphatic heterocycles. The summed E-state index contributed by atoms with van der Waals surface area (Å²) in [6.07, 6.45) is 6.38. The van der Waals surface area contributed by atoms with Crippen molar-refractivity contribution in [3.05, 3.63) is 65.7 Å². The highest BCUT2D eigenvalue weighted by molar-refractivity contribution is 5.77. The van der Waals surface area contributed by atoms with Crippen LogP contribution in [0.3, 0.4) is 0 Å². The Morgan fingerprint density at radius 2 is 1.90 bits per heavy atom. The van der Waals surface area contributed by atoms with Crippen LogP contribution >= 0.6 is 0 Å². The molecule has 2 aromatic rings. The number of nitrogens with one attached hydrogen (secondary N) is 1. The highest BCUT2D eigenvalue weighted by atomic mass is 16.5. The van der Waals surface area contributed by atoms with Crippen molar-refractivity contribution in [1.82, 2.24) is 10.2 Å². The molecule has 0 aliphatic carbocycles. The van der Waals surface area contributed by atoms with E-state index in [4.69, 9.17) is 9.47 Å². The first-order valence-electron chi connectivity index (χ1n) is 10.2. The zero-order valence-corrected chi connectivity index (χ0v) is 17.3. The lowest BCUT2D eigenvalue weighted by molar-refractivity contribution is -0.123. The van der Waals surface area contributed by atoms with Gasteiger partial charge in [0.25, 0.3) is 5.91 Å². The third-order valence-corrected chi connectivity index (χ3v) is 5.16. The van der Waals surface area contributed by atoms with E-state index in [0.29, 0.717) is 18.0 Å². The highest BCUT2D eigenvalue weighted by Crippen LogP contribution is 2.28. The Hall–Kier alpha value is -2.79. The molecular formula is C24H30N2O3. The second-order valence-electron chi connectivity index (χ2n) is 7.17. The van der Waals surface area contributed by atoms with Gasteiger partial charge in [0.05, 0.1) is 13.2 Å². The summed E-state index contributed by atoms with van der Waals surface area (Å²) >= 11 is 0. The molecule has 1 amide bonds. The van der Waals surface area contributed by atoms with E-state index in [9.17, 15) is 4.79 Å². The monoisotopic (exact) mass is 394 g/mol. The molecule has 1 atom stereocenters. The Balaban J connectivity index is 1.57. The van der Waals surface area contributed by atoms with Gasteiger partial charge in [-0.1, -0.05) is 48.6 Å². The topological polar surface area (TPSA) is 50.8 Å². The van der Waals surface area contributed by atoms with Crippen LogP contribution in [-0.4, -0.2) is 44.2 Å². The fraction of sp³-hybridized carbons (Fsp3) is 0.375. The second-order valence-corrected chi connectivity index (χ2v) is 7.17. The van der Waals surface area contributed by atoms with Crippen LogP contribution in [0.5, 0.6) is 11.5 Å². The predicted molar refractivity (Wildman–Crippen MR) is 116 cm³/mol. The molecule has 0 saturated carbocycles. The van der Waals surface area contributed by atoms with Gasteiger partial charge in [-0.25, -0.2) is 0 Å². The van der Waals surface area contributed by atoms with Crippen LogP contribution in [-0.2, 0) is 4.79 Å². The SMILES string of the molecule is C/C=C/c1ccc(OCC(=O)NCC(c2ccccc2)N2CCCC2)c(OC)c1. The molecule has 0 spiro atoms. The van der Waals surface area contributed by atoms with Crippen LogP contribution in [0.25, 0.3) is 6.08 Å². The van der Waals surface area contributed by atoms with Crippen molar-refractivity contribution in [1.29, 1.82) is 0 Å². The summed E-state index contributed by atoms with van der Waals surface area (Å²) < 4.78 is 11.1. The Labute approximate surface area is 173 Å².